The lowest BCUT2D eigenvalue weighted by Crippen LogP contribution is -2.38. The molecule has 0 aliphatic heterocycles. The Labute approximate surface area is 101 Å². The fourth-order valence-corrected chi connectivity index (χ4v) is 1.63. The van der Waals surface area contributed by atoms with E-state index in [-0.39, 0.29) is 19.2 Å². The number of amides is 2. The summed E-state index contributed by atoms with van der Waals surface area (Å²) in [5.74, 6) is -0.218. The second-order valence-corrected chi connectivity index (χ2v) is 4.21. The van der Waals surface area contributed by atoms with Crippen LogP contribution in [0.15, 0.2) is 0 Å². The molecule has 0 heterocycles. The minimum atomic E-state index is -1.00. The van der Waals surface area contributed by atoms with Crippen LogP contribution in [0, 0.1) is 5.92 Å². The van der Waals surface area contributed by atoms with Crippen LogP contribution in [0.25, 0.3) is 0 Å². The molecule has 0 bridgehead atoms. The summed E-state index contributed by atoms with van der Waals surface area (Å²) in [4.78, 5) is 21.3. The number of hydrogen-bond donors (Lipinski definition) is 3. The van der Waals surface area contributed by atoms with Crippen molar-refractivity contribution in [3.63, 3.8) is 0 Å². The van der Waals surface area contributed by atoms with Crippen LogP contribution in [0.1, 0.15) is 25.7 Å². The molecule has 0 spiro atoms. The normalized spacial score (nSPS) is 15.1. The maximum Gasteiger partial charge on any atom is 0.329 e. The second-order valence-electron chi connectivity index (χ2n) is 4.21. The van der Waals surface area contributed by atoms with Crippen molar-refractivity contribution in [3.05, 3.63) is 0 Å². The predicted molar refractivity (Wildman–Crippen MR) is 61.8 cm³/mol. The zero-order valence-corrected chi connectivity index (χ0v) is 9.91. The molecule has 2 amide bonds. The van der Waals surface area contributed by atoms with Crippen LogP contribution in [0.5, 0.6) is 0 Å². The van der Waals surface area contributed by atoms with E-state index in [1.54, 1.807) is 0 Å². The van der Waals surface area contributed by atoms with Gasteiger partial charge in [-0.15, -0.1) is 0 Å². The number of hydrogen-bond acceptors (Lipinski definition) is 3. The number of nitrogens with one attached hydrogen (secondary N) is 2. The molecular formula is C11H20N2O4. The number of urea groups is 1. The highest BCUT2D eigenvalue weighted by atomic mass is 16.5. The van der Waals surface area contributed by atoms with Gasteiger partial charge in [-0.25, -0.2) is 9.59 Å². The lowest BCUT2D eigenvalue weighted by atomic mass is 9.83. The molecule has 0 aromatic heterocycles. The van der Waals surface area contributed by atoms with Crippen molar-refractivity contribution in [3.8, 4) is 0 Å². The van der Waals surface area contributed by atoms with Gasteiger partial charge in [-0.05, 0) is 12.3 Å². The Kier molecular flexibility index (Phi) is 6.39. The van der Waals surface area contributed by atoms with Gasteiger partial charge in [0.2, 0.25) is 0 Å². The third-order valence-corrected chi connectivity index (χ3v) is 2.82. The topological polar surface area (TPSA) is 87.7 Å². The third kappa shape index (κ3) is 6.78. The van der Waals surface area contributed by atoms with Gasteiger partial charge >= 0.3 is 12.0 Å². The van der Waals surface area contributed by atoms with E-state index in [9.17, 15) is 9.59 Å². The van der Waals surface area contributed by atoms with Crippen molar-refractivity contribution in [1.29, 1.82) is 0 Å². The van der Waals surface area contributed by atoms with Crippen molar-refractivity contribution in [2.45, 2.75) is 25.7 Å². The number of carbonyl (C=O) groups is 2. The van der Waals surface area contributed by atoms with Crippen LogP contribution >= 0.6 is 0 Å². The van der Waals surface area contributed by atoms with Crippen molar-refractivity contribution in [2.75, 3.05) is 26.3 Å². The number of carboxylic acids is 1. The molecule has 1 fully saturated rings. The maximum absolute atomic E-state index is 11.2. The van der Waals surface area contributed by atoms with E-state index in [0.29, 0.717) is 13.1 Å². The van der Waals surface area contributed by atoms with Gasteiger partial charge < -0.3 is 20.5 Å². The molecule has 1 rings (SSSR count). The Morgan fingerprint density at radius 3 is 2.53 bits per heavy atom. The monoisotopic (exact) mass is 244 g/mol. The molecule has 0 aromatic carbocycles. The average Bonchev–Trinajstić information content (AvgIpc) is 2.21. The summed E-state index contributed by atoms with van der Waals surface area (Å²) in [7, 11) is 0. The van der Waals surface area contributed by atoms with Crippen LogP contribution in [0.3, 0.4) is 0 Å². The number of aliphatic carboxylic acids is 1. The van der Waals surface area contributed by atoms with E-state index in [1.807, 2.05) is 0 Å². The first-order chi connectivity index (χ1) is 8.18. The number of rotatable bonds is 8. The van der Waals surface area contributed by atoms with Crippen LogP contribution < -0.4 is 10.6 Å². The summed E-state index contributed by atoms with van der Waals surface area (Å²) in [6.07, 6.45) is 4.93. The van der Waals surface area contributed by atoms with Crippen LogP contribution in [-0.4, -0.2) is 43.4 Å². The van der Waals surface area contributed by atoms with Crippen molar-refractivity contribution < 1.29 is 19.4 Å². The van der Waals surface area contributed by atoms with Gasteiger partial charge in [0.25, 0.3) is 0 Å². The molecule has 0 unspecified atom stereocenters. The Hall–Kier alpha value is -1.30. The Morgan fingerprint density at radius 2 is 1.94 bits per heavy atom. The molecule has 0 atom stereocenters. The van der Waals surface area contributed by atoms with E-state index < -0.39 is 5.97 Å². The molecular weight excluding hydrogens is 224 g/mol. The fourth-order valence-electron chi connectivity index (χ4n) is 1.63. The summed E-state index contributed by atoms with van der Waals surface area (Å²) < 4.78 is 4.77. The third-order valence-electron chi connectivity index (χ3n) is 2.82. The maximum atomic E-state index is 11.2. The lowest BCUT2D eigenvalue weighted by Gasteiger charge is -2.25. The van der Waals surface area contributed by atoms with Gasteiger partial charge in [0, 0.05) is 13.1 Å². The van der Waals surface area contributed by atoms with Gasteiger partial charge in [-0.3, -0.25) is 0 Å². The standard InChI is InChI=1S/C11H20N2O4/c14-10(15)8-17-7-6-13-11(16)12-5-4-9-2-1-3-9/h9H,1-8H2,(H,14,15)(H2,12,13,16). The minimum absolute atomic E-state index is 0.211. The van der Waals surface area contributed by atoms with E-state index in [0.717, 1.165) is 12.3 Å². The van der Waals surface area contributed by atoms with Crippen molar-refractivity contribution in [2.24, 2.45) is 5.92 Å². The van der Waals surface area contributed by atoms with Crippen LogP contribution in [0.2, 0.25) is 0 Å². The molecule has 1 aliphatic carbocycles. The quantitative estimate of drug-likeness (QED) is 0.545. The predicted octanol–water partition coefficient (Wildman–Crippen LogP) is 0.577. The van der Waals surface area contributed by atoms with Gasteiger partial charge in [-0.1, -0.05) is 19.3 Å². The van der Waals surface area contributed by atoms with Crippen molar-refractivity contribution in [1.82, 2.24) is 10.6 Å². The molecule has 1 aliphatic rings. The summed E-state index contributed by atoms with van der Waals surface area (Å²) >= 11 is 0. The highest BCUT2D eigenvalue weighted by Crippen LogP contribution is 2.28. The summed E-state index contributed by atoms with van der Waals surface area (Å²) in [5.41, 5.74) is 0. The van der Waals surface area contributed by atoms with E-state index >= 15 is 0 Å². The summed E-state index contributed by atoms with van der Waals surface area (Å²) in [6.45, 7) is 0.905. The molecule has 0 saturated heterocycles. The highest BCUT2D eigenvalue weighted by Gasteiger charge is 2.16. The first-order valence-corrected chi connectivity index (χ1v) is 5.99. The molecule has 0 radical (unpaired) electrons. The van der Waals surface area contributed by atoms with Crippen molar-refractivity contribution >= 4 is 12.0 Å². The molecule has 0 aromatic rings. The largest absolute Gasteiger partial charge is 0.480 e. The highest BCUT2D eigenvalue weighted by molar-refractivity contribution is 5.73. The first kappa shape index (κ1) is 13.8. The SMILES string of the molecule is O=C(O)COCCNC(=O)NCCC1CCC1. The molecule has 98 valence electrons. The van der Waals surface area contributed by atoms with Crippen LogP contribution in [0.4, 0.5) is 4.79 Å². The first-order valence-electron chi connectivity index (χ1n) is 5.99. The second kappa shape index (κ2) is 7.89. The van der Waals surface area contributed by atoms with Gasteiger partial charge in [0.15, 0.2) is 0 Å². The van der Waals surface area contributed by atoms with Crippen LogP contribution in [-0.2, 0) is 9.53 Å². The summed E-state index contributed by atoms with van der Waals surface area (Å²) in [6, 6.07) is -0.219. The lowest BCUT2D eigenvalue weighted by molar-refractivity contribution is -0.142. The van der Waals surface area contributed by atoms with E-state index in [1.165, 1.54) is 19.3 Å². The molecule has 6 heteroatoms. The smallest absolute Gasteiger partial charge is 0.329 e. The van der Waals surface area contributed by atoms with Gasteiger partial charge in [0.05, 0.1) is 6.61 Å². The molecule has 1 saturated carbocycles. The van der Waals surface area contributed by atoms with E-state index in [4.69, 9.17) is 9.84 Å². The Bertz CT molecular complexity index is 254. The average molecular weight is 244 g/mol. The molecule has 17 heavy (non-hydrogen) atoms. The Morgan fingerprint density at radius 1 is 1.24 bits per heavy atom. The van der Waals surface area contributed by atoms with Gasteiger partial charge in [-0.2, -0.15) is 0 Å². The zero-order chi connectivity index (χ0) is 12.5. The minimum Gasteiger partial charge on any atom is -0.480 e. The van der Waals surface area contributed by atoms with Gasteiger partial charge in [0.1, 0.15) is 6.61 Å². The molecule has 3 N–H and O–H groups in total. The Balaban J connectivity index is 1.85. The fraction of sp³-hybridized carbons (Fsp3) is 0.818. The molecule has 6 nitrogen and oxygen atoms in total. The number of carbonyl (C=O) groups excluding carboxylic acids is 1. The zero-order valence-electron chi connectivity index (χ0n) is 9.91. The number of carboxylic acid groups (broad SMARTS) is 1. The summed E-state index contributed by atoms with van der Waals surface area (Å²) in [5, 5.41) is 13.7. The van der Waals surface area contributed by atoms with E-state index in [2.05, 4.69) is 10.6 Å². The number of ether oxygens (including phenoxy) is 1.